The number of nitrogens with zero attached hydrogens (tertiary/aromatic N) is 1. The van der Waals surface area contributed by atoms with Gasteiger partial charge in [-0.05, 0) is 54.7 Å². The molecule has 0 saturated carbocycles. The van der Waals surface area contributed by atoms with E-state index in [-0.39, 0.29) is 17.6 Å². The number of methoxy groups -OCH3 is 2. The number of nitrogens with one attached hydrogen (secondary N) is 1. The molecule has 5 rings (SSSR count). The van der Waals surface area contributed by atoms with Crippen LogP contribution in [0, 0.1) is 6.92 Å². The van der Waals surface area contributed by atoms with E-state index in [4.69, 9.17) is 37.2 Å². The topological polar surface area (TPSA) is 73.6 Å². The predicted octanol–water partition coefficient (Wildman–Crippen LogP) is 6.27. The largest absolute Gasteiger partial charge is 0.493 e. The van der Waals surface area contributed by atoms with E-state index in [2.05, 4.69) is 10.5 Å². The molecule has 0 spiro atoms. The highest BCUT2D eigenvalue weighted by molar-refractivity contribution is 6.35. The van der Waals surface area contributed by atoms with Crippen molar-refractivity contribution < 1.29 is 18.8 Å². The molecule has 1 aromatic heterocycles. The molecule has 2 aliphatic rings. The number of fused-ring (bicyclic) bond motifs is 1. The molecule has 1 N–H and O–H groups in total. The molecular formula is C25H22Cl2N2O4. The number of allylic oxidation sites excluding steroid dienone is 2. The molecule has 6 nitrogen and oxygen atoms in total. The Kier molecular flexibility index (Phi) is 5.59. The third-order valence-corrected chi connectivity index (χ3v) is 6.97. The summed E-state index contributed by atoms with van der Waals surface area (Å²) in [6.07, 6.45) is 1.01. The van der Waals surface area contributed by atoms with Crippen molar-refractivity contribution in [2.24, 2.45) is 0 Å². The number of hydrogen-bond acceptors (Lipinski definition) is 6. The van der Waals surface area contributed by atoms with Gasteiger partial charge in [-0.2, -0.15) is 0 Å². The van der Waals surface area contributed by atoms with Crippen molar-refractivity contribution in [3.8, 4) is 11.5 Å². The Bertz CT molecular complexity index is 1300. The molecular weight excluding hydrogens is 463 g/mol. The summed E-state index contributed by atoms with van der Waals surface area (Å²) in [5, 5.41) is 8.53. The number of anilines is 1. The van der Waals surface area contributed by atoms with Gasteiger partial charge < -0.3 is 19.3 Å². The Hall–Kier alpha value is -2.96. The van der Waals surface area contributed by atoms with Gasteiger partial charge in [0.2, 0.25) is 5.88 Å². The van der Waals surface area contributed by atoms with Crippen LogP contribution in [0.1, 0.15) is 47.1 Å². The summed E-state index contributed by atoms with van der Waals surface area (Å²) in [6.45, 7) is 1.87. The predicted molar refractivity (Wildman–Crippen MR) is 127 cm³/mol. The number of ether oxygens (including phenoxy) is 2. The highest BCUT2D eigenvalue weighted by atomic mass is 35.5. The second kappa shape index (κ2) is 8.43. The fourth-order valence-corrected chi connectivity index (χ4v) is 5.38. The quantitative estimate of drug-likeness (QED) is 0.470. The maximum atomic E-state index is 13.6. The van der Waals surface area contributed by atoms with E-state index in [0.717, 1.165) is 28.1 Å². The van der Waals surface area contributed by atoms with Crippen LogP contribution in [0.25, 0.3) is 0 Å². The fourth-order valence-electron chi connectivity index (χ4n) is 4.86. The molecule has 0 radical (unpaired) electrons. The van der Waals surface area contributed by atoms with Gasteiger partial charge in [0.05, 0.1) is 25.5 Å². The number of ketones is 1. The Morgan fingerprint density at radius 2 is 1.85 bits per heavy atom. The summed E-state index contributed by atoms with van der Waals surface area (Å²) < 4.78 is 16.4. The van der Waals surface area contributed by atoms with E-state index in [1.807, 2.05) is 31.2 Å². The zero-order valence-electron chi connectivity index (χ0n) is 18.4. The maximum Gasteiger partial charge on any atom is 0.233 e. The minimum atomic E-state index is -0.369. The van der Waals surface area contributed by atoms with Crippen LogP contribution < -0.4 is 14.8 Å². The smallest absolute Gasteiger partial charge is 0.233 e. The Morgan fingerprint density at radius 3 is 2.58 bits per heavy atom. The standard InChI is InChI=1S/C25H22Cl2N2O4/c1-12-22-23(16-6-5-15(26)11-17(16)27)24-18(28-25(22)33-29-12)8-14(9-19(24)30)13-4-7-20(31-2)21(10-13)32-3/h4-7,10-11,14,23,28H,8-9H2,1-3H3/t14-,23+/m0/s1. The molecule has 0 fully saturated rings. The van der Waals surface area contributed by atoms with Crippen LogP contribution in [0.4, 0.5) is 5.88 Å². The summed E-state index contributed by atoms with van der Waals surface area (Å²) in [7, 11) is 3.20. The minimum Gasteiger partial charge on any atom is -0.493 e. The van der Waals surface area contributed by atoms with Gasteiger partial charge in [0.15, 0.2) is 17.3 Å². The third-order valence-electron chi connectivity index (χ3n) is 6.41. The molecule has 2 atom stereocenters. The van der Waals surface area contributed by atoms with Crippen LogP contribution in [-0.2, 0) is 4.79 Å². The molecule has 0 bridgehead atoms. The molecule has 0 amide bonds. The van der Waals surface area contributed by atoms with Gasteiger partial charge >= 0.3 is 0 Å². The fraction of sp³-hybridized carbons (Fsp3) is 0.280. The molecule has 8 heteroatoms. The van der Waals surface area contributed by atoms with Crippen LogP contribution in [0.3, 0.4) is 0 Å². The van der Waals surface area contributed by atoms with Gasteiger partial charge in [-0.25, -0.2) is 0 Å². The summed E-state index contributed by atoms with van der Waals surface area (Å²) in [5.74, 6) is 1.51. The summed E-state index contributed by atoms with van der Waals surface area (Å²) in [5.41, 5.74) is 4.89. The summed E-state index contributed by atoms with van der Waals surface area (Å²) in [6, 6.07) is 11.1. The van der Waals surface area contributed by atoms with Crippen LogP contribution in [0.5, 0.6) is 11.5 Å². The van der Waals surface area contributed by atoms with Crippen molar-refractivity contribution >= 4 is 34.9 Å². The van der Waals surface area contributed by atoms with Crippen molar-refractivity contribution in [2.75, 3.05) is 19.5 Å². The van der Waals surface area contributed by atoms with E-state index in [1.54, 1.807) is 26.4 Å². The summed E-state index contributed by atoms with van der Waals surface area (Å²) in [4.78, 5) is 13.6. The highest BCUT2D eigenvalue weighted by Crippen LogP contribution is 2.50. The van der Waals surface area contributed by atoms with E-state index >= 15 is 0 Å². The van der Waals surface area contributed by atoms with E-state index in [0.29, 0.717) is 45.8 Å². The van der Waals surface area contributed by atoms with Crippen LogP contribution >= 0.6 is 23.2 Å². The number of aromatic nitrogens is 1. The molecule has 0 unspecified atom stereocenters. The van der Waals surface area contributed by atoms with Gasteiger partial charge in [-0.15, -0.1) is 0 Å². The number of Topliss-reactive ketones (excluding diaryl/α,β-unsaturated/α-hetero) is 1. The second-order valence-corrected chi connectivity index (χ2v) is 9.11. The first-order valence-electron chi connectivity index (χ1n) is 10.6. The monoisotopic (exact) mass is 484 g/mol. The van der Waals surface area contributed by atoms with Gasteiger partial charge in [0, 0.05) is 33.7 Å². The van der Waals surface area contributed by atoms with Crippen molar-refractivity contribution in [1.82, 2.24) is 5.16 Å². The number of rotatable bonds is 4. The second-order valence-electron chi connectivity index (χ2n) is 8.27. The third kappa shape index (κ3) is 3.67. The number of benzene rings is 2. The highest BCUT2D eigenvalue weighted by Gasteiger charge is 2.41. The van der Waals surface area contributed by atoms with Crippen molar-refractivity contribution in [1.29, 1.82) is 0 Å². The first-order chi connectivity index (χ1) is 15.9. The maximum absolute atomic E-state index is 13.6. The lowest BCUT2D eigenvalue weighted by molar-refractivity contribution is -0.116. The zero-order valence-corrected chi connectivity index (χ0v) is 19.9. The number of hydrogen-bond donors (Lipinski definition) is 1. The van der Waals surface area contributed by atoms with Crippen LogP contribution in [-0.4, -0.2) is 25.2 Å². The summed E-state index contributed by atoms with van der Waals surface area (Å²) >= 11 is 12.7. The van der Waals surface area contributed by atoms with Gasteiger partial charge in [-0.1, -0.05) is 40.5 Å². The number of halogens is 2. The van der Waals surface area contributed by atoms with E-state index in [9.17, 15) is 4.79 Å². The van der Waals surface area contributed by atoms with Gasteiger partial charge in [0.1, 0.15) is 0 Å². The SMILES string of the molecule is COc1ccc([C@@H]2CC(=O)C3=C(C2)Nc2onc(C)c2[C@H]3c2ccc(Cl)cc2Cl)cc1OC. The first kappa shape index (κ1) is 21.9. The van der Waals surface area contributed by atoms with Crippen molar-refractivity contribution in [3.05, 3.63) is 80.1 Å². The molecule has 2 aromatic carbocycles. The number of aryl methyl sites for hydroxylation is 1. The number of carbonyl (C=O) groups excluding carboxylic acids is 1. The molecule has 33 heavy (non-hydrogen) atoms. The lowest BCUT2D eigenvalue weighted by atomic mass is 9.72. The minimum absolute atomic E-state index is 0.0181. The van der Waals surface area contributed by atoms with Gasteiger partial charge in [0.25, 0.3) is 0 Å². The van der Waals surface area contributed by atoms with Crippen molar-refractivity contribution in [2.45, 2.75) is 31.6 Å². The molecule has 2 heterocycles. The molecule has 170 valence electrons. The normalized spacial score (nSPS) is 19.6. The zero-order chi connectivity index (χ0) is 23.3. The van der Waals surface area contributed by atoms with E-state index < -0.39 is 0 Å². The average molecular weight is 485 g/mol. The first-order valence-corrected chi connectivity index (χ1v) is 11.3. The lowest BCUT2D eigenvalue weighted by Crippen LogP contribution is -2.29. The average Bonchev–Trinajstić information content (AvgIpc) is 3.17. The van der Waals surface area contributed by atoms with Crippen LogP contribution in [0.15, 0.2) is 52.2 Å². The molecule has 1 aliphatic heterocycles. The Morgan fingerprint density at radius 1 is 1.06 bits per heavy atom. The lowest BCUT2D eigenvalue weighted by Gasteiger charge is -2.34. The van der Waals surface area contributed by atoms with E-state index in [1.165, 1.54) is 0 Å². The van der Waals surface area contributed by atoms with Crippen LogP contribution in [0.2, 0.25) is 10.0 Å². The number of carbonyl (C=O) groups is 1. The van der Waals surface area contributed by atoms with Crippen molar-refractivity contribution in [3.63, 3.8) is 0 Å². The molecule has 1 aliphatic carbocycles. The Balaban J connectivity index is 1.60. The van der Waals surface area contributed by atoms with Gasteiger partial charge in [-0.3, -0.25) is 4.79 Å². The Labute approximate surface area is 201 Å². The molecule has 0 saturated heterocycles. The molecule has 3 aromatic rings.